The Morgan fingerprint density at radius 3 is 2.26 bits per heavy atom. The maximum Gasteiger partial charge on any atom is 0.174 e. The van der Waals surface area contributed by atoms with Gasteiger partial charge in [0, 0.05) is 17.4 Å². The van der Waals surface area contributed by atoms with Gasteiger partial charge in [0.2, 0.25) is 0 Å². The summed E-state index contributed by atoms with van der Waals surface area (Å²) in [5, 5.41) is 4.08. The average Bonchev–Trinajstić information content (AvgIpc) is 3.60. The molecule has 1 fully saturated rings. The van der Waals surface area contributed by atoms with Crippen LogP contribution in [0.1, 0.15) is 30.5 Å². The van der Waals surface area contributed by atoms with Gasteiger partial charge in [0.15, 0.2) is 5.11 Å². The van der Waals surface area contributed by atoms with E-state index >= 15 is 0 Å². The Balaban J connectivity index is 1.33. The number of benzene rings is 3. The fourth-order valence-electron chi connectivity index (χ4n) is 4.77. The predicted molar refractivity (Wildman–Crippen MR) is 156 cm³/mol. The standard InChI is InChI=1S/C32H27N3O3S/c1-2-36-24-15-11-22(12-16-24)28-19-20-29(38-28)31-30(27-10-6-7-21-33-27)34-32(39)35(31)23-13-17-26(18-14-23)37-25-8-4-3-5-9-25/h3-21,30-31H,2H2,1H3,(H,34,39). The lowest BCUT2D eigenvalue weighted by molar-refractivity contribution is 0.340. The van der Waals surface area contributed by atoms with Gasteiger partial charge < -0.3 is 24.1 Å². The lowest BCUT2D eigenvalue weighted by Crippen LogP contribution is -2.29. The van der Waals surface area contributed by atoms with Gasteiger partial charge in [-0.15, -0.1) is 0 Å². The molecule has 6 nitrogen and oxygen atoms in total. The van der Waals surface area contributed by atoms with Crippen LogP contribution in [0.4, 0.5) is 5.69 Å². The van der Waals surface area contributed by atoms with E-state index in [1.165, 1.54) is 0 Å². The minimum atomic E-state index is -0.246. The van der Waals surface area contributed by atoms with Crippen LogP contribution in [-0.4, -0.2) is 16.7 Å². The van der Waals surface area contributed by atoms with Crippen LogP contribution in [0.5, 0.6) is 17.2 Å². The maximum absolute atomic E-state index is 6.47. The minimum Gasteiger partial charge on any atom is -0.494 e. The molecule has 194 valence electrons. The van der Waals surface area contributed by atoms with E-state index in [-0.39, 0.29) is 12.1 Å². The van der Waals surface area contributed by atoms with Crippen molar-refractivity contribution in [3.63, 3.8) is 0 Å². The monoisotopic (exact) mass is 533 g/mol. The summed E-state index contributed by atoms with van der Waals surface area (Å²) in [4.78, 5) is 6.71. The second-order valence-electron chi connectivity index (χ2n) is 9.07. The Labute approximate surface area is 232 Å². The van der Waals surface area contributed by atoms with Gasteiger partial charge in [-0.05, 0) is 104 Å². The molecular weight excluding hydrogens is 506 g/mol. The third-order valence-electron chi connectivity index (χ3n) is 6.56. The molecular formula is C32H27N3O3S. The van der Waals surface area contributed by atoms with Gasteiger partial charge in [0.1, 0.15) is 34.8 Å². The minimum absolute atomic E-state index is 0.196. The van der Waals surface area contributed by atoms with Crippen LogP contribution in [0.15, 0.2) is 120 Å². The topological polar surface area (TPSA) is 59.8 Å². The number of nitrogens with zero attached hydrogens (tertiary/aromatic N) is 2. The molecule has 1 aliphatic heterocycles. The number of rotatable bonds is 8. The molecule has 0 bridgehead atoms. The van der Waals surface area contributed by atoms with Crippen molar-refractivity contribution in [1.82, 2.24) is 10.3 Å². The van der Waals surface area contributed by atoms with E-state index in [9.17, 15) is 0 Å². The number of anilines is 1. The second-order valence-corrected chi connectivity index (χ2v) is 9.45. The highest BCUT2D eigenvalue weighted by Crippen LogP contribution is 2.43. The summed E-state index contributed by atoms with van der Waals surface area (Å²) in [6.07, 6.45) is 1.79. The van der Waals surface area contributed by atoms with E-state index in [2.05, 4.69) is 15.2 Å². The molecule has 0 spiro atoms. The zero-order valence-electron chi connectivity index (χ0n) is 21.4. The van der Waals surface area contributed by atoms with Crippen molar-refractivity contribution in [2.45, 2.75) is 19.0 Å². The van der Waals surface area contributed by atoms with Gasteiger partial charge in [-0.1, -0.05) is 24.3 Å². The summed E-state index contributed by atoms with van der Waals surface area (Å²) >= 11 is 5.85. The first-order valence-electron chi connectivity index (χ1n) is 12.9. The van der Waals surface area contributed by atoms with Gasteiger partial charge in [-0.25, -0.2) is 0 Å². The first kappa shape index (κ1) is 24.7. The van der Waals surface area contributed by atoms with Gasteiger partial charge >= 0.3 is 0 Å². The number of hydrogen-bond donors (Lipinski definition) is 1. The van der Waals surface area contributed by atoms with Gasteiger partial charge in [-0.2, -0.15) is 0 Å². The number of para-hydroxylation sites is 1. The number of pyridine rings is 1. The SMILES string of the molecule is CCOc1ccc(-c2ccc(C3C(c4ccccn4)NC(=S)N3c3ccc(Oc4ccccc4)cc3)o2)cc1. The van der Waals surface area contributed by atoms with Gasteiger partial charge in [0.25, 0.3) is 0 Å². The summed E-state index contributed by atoms with van der Waals surface area (Å²) < 4.78 is 18.1. The molecule has 2 unspecified atom stereocenters. The van der Waals surface area contributed by atoms with Crippen molar-refractivity contribution >= 4 is 23.0 Å². The first-order chi connectivity index (χ1) is 19.2. The molecule has 0 radical (unpaired) electrons. The summed E-state index contributed by atoms with van der Waals surface area (Å²) in [7, 11) is 0. The maximum atomic E-state index is 6.47. The summed E-state index contributed by atoms with van der Waals surface area (Å²) in [5.74, 6) is 3.92. The molecule has 1 aliphatic rings. The summed E-state index contributed by atoms with van der Waals surface area (Å²) in [6, 6.07) is 35.0. The van der Waals surface area contributed by atoms with Crippen LogP contribution in [0.3, 0.4) is 0 Å². The van der Waals surface area contributed by atoms with E-state index in [1.54, 1.807) is 6.20 Å². The quantitative estimate of drug-likeness (QED) is 0.205. The highest BCUT2D eigenvalue weighted by Gasteiger charge is 2.42. The average molecular weight is 534 g/mol. The van der Waals surface area contributed by atoms with Crippen LogP contribution >= 0.6 is 12.2 Å². The fraction of sp³-hybridized carbons (Fsp3) is 0.125. The number of hydrogen-bond acceptors (Lipinski definition) is 5. The van der Waals surface area contributed by atoms with Crippen LogP contribution in [0.2, 0.25) is 0 Å². The smallest absolute Gasteiger partial charge is 0.174 e. The van der Waals surface area contributed by atoms with E-state index < -0.39 is 0 Å². The molecule has 0 amide bonds. The number of ether oxygens (including phenoxy) is 2. The number of nitrogens with one attached hydrogen (secondary N) is 1. The molecule has 0 saturated carbocycles. The van der Waals surface area contributed by atoms with Crippen molar-refractivity contribution in [2.24, 2.45) is 0 Å². The fourth-order valence-corrected chi connectivity index (χ4v) is 5.12. The largest absolute Gasteiger partial charge is 0.494 e. The van der Waals surface area contributed by atoms with Gasteiger partial charge in [0.05, 0.1) is 18.3 Å². The Morgan fingerprint density at radius 2 is 1.54 bits per heavy atom. The van der Waals surface area contributed by atoms with Crippen molar-refractivity contribution < 1.29 is 13.9 Å². The molecule has 1 saturated heterocycles. The van der Waals surface area contributed by atoms with Crippen LogP contribution in [0.25, 0.3) is 11.3 Å². The molecule has 6 rings (SSSR count). The predicted octanol–water partition coefficient (Wildman–Crippen LogP) is 7.71. The van der Waals surface area contributed by atoms with Crippen LogP contribution in [0, 0.1) is 0 Å². The van der Waals surface area contributed by atoms with E-state index in [4.69, 9.17) is 26.1 Å². The first-order valence-corrected chi connectivity index (χ1v) is 13.3. The molecule has 1 N–H and O–H groups in total. The number of furan rings is 1. The molecule has 7 heteroatoms. The lowest BCUT2D eigenvalue weighted by Gasteiger charge is -2.26. The van der Waals surface area contributed by atoms with Gasteiger partial charge in [-0.3, -0.25) is 4.98 Å². The Bertz CT molecular complexity index is 1540. The molecule has 3 heterocycles. The van der Waals surface area contributed by atoms with E-state index in [1.807, 2.05) is 116 Å². The Hall–Kier alpha value is -4.62. The number of thiocarbonyl (C=S) groups is 1. The van der Waals surface area contributed by atoms with E-state index in [0.29, 0.717) is 11.7 Å². The molecule has 5 aromatic rings. The lowest BCUT2D eigenvalue weighted by atomic mass is 10.0. The number of aromatic nitrogens is 1. The molecule has 3 aromatic carbocycles. The van der Waals surface area contributed by atoms with Crippen molar-refractivity contribution in [3.8, 4) is 28.6 Å². The summed E-state index contributed by atoms with van der Waals surface area (Å²) in [5.41, 5.74) is 2.78. The Morgan fingerprint density at radius 1 is 0.821 bits per heavy atom. The van der Waals surface area contributed by atoms with E-state index in [0.717, 1.165) is 45.7 Å². The Kier molecular flexibility index (Phi) is 6.97. The molecule has 39 heavy (non-hydrogen) atoms. The highest BCUT2D eigenvalue weighted by molar-refractivity contribution is 7.80. The highest BCUT2D eigenvalue weighted by atomic mass is 32.1. The van der Waals surface area contributed by atoms with Crippen molar-refractivity contribution in [1.29, 1.82) is 0 Å². The summed E-state index contributed by atoms with van der Waals surface area (Å²) in [6.45, 7) is 2.60. The normalized spacial score (nSPS) is 16.6. The third-order valence-corrected chi connectivity index (χ3v) is 6.87. The second kappa shape index (κ2) is 11.0. The molecule has 0 aliphatic carbocycles. The van der Waals surface area contributed by atoms with Crippen LogP contribution in [-0.2, 0) is 0 Å². The zero-order chi connectivity index (χ0) is 26.6. The van der Waals surface area contributed by atoms with Crippen molar-refractivity contribution in [3.05, 3.63) is 127 Å². The van der Waals surface area contributed by atoms with Crippen molar-refractivity contribution in [2.75, 3.05) is 11.5 Å². The molecule has 2 aromatic heterocycles. The van der Waals surface area contributed by atoms with Crippen LogP contribution < -0.4 is 19.7 Å². The molecule has 2 atom stereocenters. The third kappa shape index (κ3) is 5.22. The zero-order valence-corrected chi connectivity index (χ0v) is 22.2.